The van der Waals surface area contributed by atoms with Crippen molar-refractivity contribution in [3.63, 3.8) is 0 Å². The molecule has 90 valence electrons. The van der Waals surface area contributed by atoms with E-state index in [1.165, 1.54) is 0 Å². The SMILES string of the molecule is Cc1ccoc1C(NN)c1cc(Cl)ccc1Cl. The van der Waals surface area contributed by atoms with Gasteiger partial charge >= 0.3 is 0 Å². The van der Waals surface area contributed by atoms with Gasteiger partial charge in [-0.2, -0.15) is 0 Å². The summed E-state index contributed by atoms with van der Waals surface area (Å²) in [4.78, 5) is 0. The summed E-state index contributed by atoms with van der Waals surface area (Å²) in [7, 11) is 0. The van der Waals surface area contributed by atoms with Gasteiger partial charge in [0.2, 0.25) is 0 Å². The molecule has 0 spiro atoms. The number of hydrogen-bond acceptors (Lipinski definition) is 3. The molecule has 0 aliphatic heterocycles. The molecule has 0 amide bonds. The lowest BCUT2D eigenvalue weighted by Gasteiger charge is -2.16. The molecule has 5 heteroatoms. The van der Waals surface area contributed by atoms with Crippen LogP contribution in [0.5, 0.6) is 0 Å². The summed E-state index contributed by atoms with van der Waals surface area (Å²) in [5.74, 6) is 6.31. The summed E-state index contributed by atoms with van der Waals surface area (Å²) in [6, 6.07) is 6.81. The minimum atomic E-state index is -0.309. The average molecular weight is 271 g/mol. The van der Waals surface area contributed by atoms with E-state index >= 15 is 0 Å². The van der Waals surface area contributed by atoms with Gasteiger partial charge in [-0.3, -0.25) is 5.84 Å². The number of aryl methyl sites for hydroxylation is 1. The van der Waals surface area contributed by atoms with Crippen LogP contribution in [0.25, 0.3) is 0 Å². The first-order chi connectivity index (χ1) is 8.13. The van der Waals surface area contributed by atoms with Crippen LogP contribution in [-0.2, 0) is 0 Å². The Morgan fingerprint density at radius 2 is 2.06 bits per heavy atom. The van der Waals surface area contributed by atoms with Crippen molar-refractivity contribution in [2.24, 2.45) is 5.84 Å². The predicted molar refractivity (Wildman–Crippen MR) is 69.1 cm³/mol. The van der Waals surface area contributed by atoms with Gasteiger partial charge in [-0.25, -0.2) is 5.43 Å². The van der Waals surface area contributed by atoms with E-state index in [-0.39, 0.29) is 6.04 Å². The highest BCUT2D eigenvalue weighted by Gasteiger charge is 2.20. The van der Waals surface area contributed by atoms with E-state index in [9.17, 15) is 0 Å². The summed E-state index contributed by atoms with van der Waals surface area (Å²) >= 11 is 12.1. The summed E-state index contributed by atoms with van der Waals surface area (Å²) in [5.41, 5.74) is 4.49. The number of nitrogens with one attached hydrogen (secondary N) is 1. The van der Waals surface area contributed by atoms with Gasteiger partial charge in [0, 0.05) is 10.0 Å². The maximum atomic E-state index is 6.14. The van der Waals surface area contributed by atoms with Gasteiger partial charge in [0.1, 0.15) is 11.8 Å². The summed E-state index contributed by atoms with van der Waals surface area (Å²) in [6.45, 7) is 1.95. The molecule has 1 aromatic heterocycles. The molecule has 3 nitrogen and oxygen atoms in total. The van der Waals surface area contributed by atoms with Gasteiger partial charge in [-0.05, 0) is 42.3 Å². The zero-order chi connectivity index (χ0) is 12.4. The highest BCUT2D eigenvalue weighted by atomic mass is 35.5. The Hall–Kier alpha value is -1.000. The van der Waals surface area contributed by atoms with Gasteiger partial charge in [-0.15, -0.1) is 0 Å². The van der Waals surface area contributed by atoms with Crippen molar-refractivity contribution in [3.05, 3.63) is 57.5 Å². The molecule has 1 heterocycles. The molecular weight excluding hydrogens is 259 g/mol. The van der Waals surface area contributed by atoms with Crippen LogP contribution in [0.15, 0.2) is 34.9 Å². The van der Waals surface area contributed by atoms with E-state index in [0.29, 0.717) is 10.0 Å². The molecular formula is C12H12Cl2N2O. The van der Waals surface area contributed by atoms with E-state index in [2.05, 4.69) is 5.43 Å². The number of hydrogen-bond donors (Lipinski definition) is 2. The molecule has 0 aliphatic rings. The third-order valence-electron chi connectivity index (χ3n) is 2.60. The lowest BCUT2D eigenvalue weighted by molar-refractivity contribution is 0.449. The summed E-state index contributed by atoms with van der Waals surface area (Å²) in [6.07, 6.45) is 1.62. The largest absolute Gasteiger partial charge is 0.467 e. The first-order valence-electron chi connectivity index (χ1n) is 5.08. The first kappa shape index (κ1) is 12.5. The van der Waals surface area contributed by atoms with Gasteiger partial charge < -0.3 is 4.42 Å². The number of hydrazine groups is 1. The summed E-state index contributed by atoms with van der Waals surface area (Å²) in [5, 5.41) is 1.20. The average Bonchev–Trinajstić information content (AvgIpc) is 2.71. The Morgan fingerprint density at radius 3 is 2.65 bits per heavy atom. The number of benzene rings is 1. The maximum absolute atomic E-state index is 6.14. The molecule has 0 aliphatic carbocycles. The lowest BCUT2D eigenvalue weighted by atomic mass is 10.0. The zero-order valence-corrected chi connectivity index (χ0v) is 10.7. The Labute approximate surface area is 109 Å². The zero-order valence-electron chi connectivity index (χ0n) is 9.21. The molecule has 1 aromatic carbocycles. The maximum Gasteiger partial charge on any atom is 0.129 e. The fourth-order valence-electron chi connectivity index (χ4n) is 1.72. The molecule has 0 saturated carbocycles. The van der Waals surface area contributed by atoms with E-state index in [1.54, 1.807) is 24.5 Å². The molecule has 0 saturated heterocycles. The second-order valence-electron chi connectivity index (χ2n) is 3.73. The number of halogens is 2. The quantitative estimate of drug-likeness (QED) is 0.664. The topological polar surface area (TPSA) is 51.2 Å². The minimum Gasteiger partial charge on any atom is -0.467 e. The van der Waals surface area contributed by atoms with E-state index in [4.69, 9.17) is 33.5 Å². The molecule has 1 unspecified atom stereocenters. The van der Waals surface area contributed by atoms with Crippen LogP contribution >= 0.6 is 23.2 Å². The Morgan fingerprint density at radius 1 is 1.29 bits per heavy atom. The lowest BCUT2D eigenvalue weighted by Crippen LogP contribution is -2.29. The van der Waals surface area contributed by atoms with Crippen LogP contribution in [0.3, 0.4) is 0 Å². The Kier molecular flexibility index (Phi) is 3.74. The van der Waals surface area contributed by atoms with E-state index in [1.807, 2.05) is 13.0 Å². The molecule has 0 radical (unpaired) electrons. The van der Waals surface area contributed by atoms with Crippen molar-refractivity contribution in [1.29, 1.82) is 0 Å². The third-order valence-corrected chi connectivity index (χ3v) is 3.18. The van der Waals surface area contributed by atoms with Gasteiger partial charge in [0.05, 0.1) is 6.26 Å². The van der Waals surface area contributed by atoms with Crippen LogP contribution in [0.1, 0.15) is 22.9 Å². The van der Waals surface area contributed by atoms with Crippen molar-refractivity contribution in [1.82, 2.24) is 5.43 Å². The standard InChI is InChI=1S/C12H12Cl2N2O/c1-7-4-5-17-12(7)11(16-15)9-6-8(13)2-3-10(9)14/h2-6,11,16H,15H2,1H3. The van der Waals surface area contributed by atoms with Gasteiger partial charge in [-0.1, -0.05) is 23.2 Å². The molecule has 3 N–H and O–H groups in total. The van der Waals surface area contributed by atoms with Crippen molar-refractivity contribution in [3.8, 4) is 0 Å². The van der Waals surface area contributed by atoms with Crippen LogP contribution < -0.4 is 11.3 Å². The van der Waals surface area contributed by atoms with Crippen molar-refractivity contribution in [2.75, 3.05) is 0 Å². The second kappa shape index (κ2) is 5.10. The molecule has 0 fully saturated rings. The van der Waals surface area contributed by atoms with E-state index in [0.717, 1.165) is 16.9 Å². The van der Waals surface area contributed by atoms with Crippen molar-refractivity contribution in [2.45, 2.75) is 13.0 Å². The molecule has 17 heavy (non-hydrogen) atoms. The molecule has 0 bridgehead atoms. The minimum absolute atomic E-state index is 0.309. The number of furan rings is 1. The fourth-order valence-corrected chi connectivity index (χ4v) is 2.13. The molecule has 1 atom stereocenters. The highest BCUT2D eigenvalue weighted by Crippen LogP contribution is 2.31. The Balaban J connectivity index is 2.49. The van der Waals surface area contributed by atoms with Crippen LogP contribution in [-0.4, -0.2) is 0 Å². The Bertz CT molecular complexity index is 525. The number of rotatable bonds is 3. The molecule has 2 rings (SSSR count). The first-order valence-corrected chi connectivity index (χ1v) is 5.84. The highest BCUT2D eigenvalue weighted by molar-refractivity contribution is 6.33. The van der Waals surface area contributed by atoms with Crippen molar-refractivity contribution >= 4 is 23.2 Å². The normalized spacial score (nSPS) is 12.7. The second-order valence-corrected chi connectivity index (χ2v) is 4.58. The summed E-state index contributed by atoms with van der Waals surface area (Å²) < 4.78 is 5.42. The van der Waals surface area contributed by atoms with Gasteiger partial charge in [0.25, 0.3) is 0 Å². The van der Waals surface area contributed by atoms with Crippen LogP contribution in [0.2, 0.25) is 10.0 Å². The smallest absolute Gasteiger partial charge is 0.129 e. The van der Waals surface area contributed by atoms with Crippen LogP contribution in [0, 0.1) is 6.92 Å². The van der Waals surface area contributed by atoms with Gasteiger partial charge in [0.15, 0.2) is 0 Å². The molecule has 2 aromatic rings. The van der Waals surface area contributed by atoms with Crippen LogP contribution in [0.4, 0.5) is 0 Å². The monoisotopic (exact) mass is 270 g/mol. The fraction of sp³-hybridized carbons (Fsp3) is 0.167. The van der Waals surface area contributed by atoms with E-state index < -0.39 is 0 Å². The number of nitrogens with two attached hydrogens (primary N) is 1. The van der Waals surface area contributed by atoms with Crippen molar-refractivity contribution < 1.29 is 4.42 Å². The third kappa shape index (κ3) is 2.48. The predicted octanol–water partition coefficient (Wildman–Crippen LogP) is 3.45.